The van der Waals surface area contributed by atoms with E-state index < -0.39 is 5.97 Å². The largest absolute Gasteiger partial charge is 0.494 e. The molecular weight excluding hydrogens is 440 g/mol. The monoisotopic (exact) mass is 466 g/mol. The third-order valence-corrected chi connectivity index (χ3v) is 5.36. The molecule has 0 aromatic heterocycles. The minimum atomic E-state index is -0.419. The van der Waals surface area contributed by atoms with Gasteiger partial charge in [-0.15, -0.1) is 0 Å². The van der Waals surface area contributed by atoms with Crippen molar-refractivity contribution in [3.8, 4) is 11.5 Å². The summed E-state index contributed by atoms with van der Waals surface area (Å²) in [6.45, 7) is 2.77. The summed E-state index contributed by atoms with van der Waals surface area (Å²) in [6.07, 6.45) is 3.58. The van der Waals surface area contributed by atoms with Gasteiger partial charge in [0.25, 0.3) is 5.91 Å². The molecule has 176 valence electrons. The van der Waals surface area contributed by atoms with Crippen molar-refractivity contribution in [2.45, 2.75) is 19.8 Å². The van der Waals surface area contributed by atoms with Crippen molar-refractivity contribution in [3.63, 3.8) is 0 Å². The van der Waals surface area contributed by atoms with Crippen LogP contribution in [-0.2, 0) is 0 Å². The van der Waals surface area contributed by atoms with Gasteiger partial charge in [-0.3, -0.25) is 4.79 Å². The summed E-state index contributed by atoms with van der Waals surface area (Å²) in [5.41, 5.74) is 4.25. The SMILES string of the molecule is CCCCOc1ccc(C(=O)NN=Cc2ccc(OC(=O)c3cccc4ccccc34)cc2)cc1. The van der Waals surface area contributed by atoms with Crippen molar-refractivity contribution in [3.05, 3.63) is 108 Å². The van der Waals surface area contributed by atoms with Crippen LogP contribution in [0.2, 0.25) is 0 Å². The molecule has 4 aromatic carbocycles. The number of hydrogen-bond donors (Lipinski definition) is 1. The molecule has 4 aromatic rings. The van der Waals surface area contributed by atoms with Crippen LogP contribution < -0.4 is 14.9 Å². The Morgan fingerprint density at radius 2 is 1.57 bits per heavy atom. The van der Waals surface area contributed by atoms with Gasteiger partial charge in [0, 0.05) is 5.56 Å². The van der Waals surface area contributed by atoms with E-state index in [1.165, 1.54) is 6.21 Å². The average Bonchev–Trinajstić information content (AvgIpc) is 2.90. The average molecular weight is 467 g/mol. The van der Waals surface area contributed by atoms with Crippen molar-refractivity contribution in [1.29, 1.82) is 0 Å². The maximum atomic E-state index is 12.7. The molecule has 0 radical (unpaired) electrons. The number of esters is 1. The minimum Gasteiger partial charge on any atom is -0.494 e. The molecule has 0 saturated carbocycles. The van der Waals surface area contributed by atoms with Crippen molar-refractivity contribution in [2.24, 2.45) is 5.10 Å². The first-order valence-corrected chi connectivity index (χ1v) is 11.5. The summed E-state index contributed by atoms with van der Waals surface area (Å²) < 4.78 is 11.1. The fourth-order valence-electron chi connectivity index (χ4n) is 3.45. The molecule has 6 nitrogen and oxygen atoms in total. The molecule has 35 heavy (non-hydrogen) atoms. The molecule has 4 rings (SSSR count). The zero-order valence-electron chi connectivity index (χ0n) is 19.4. The molecule has 0 aliphatic heterocycles. The lowest BCUT2D eigenvalue weighted by molar-refractivity contribution is 0.0736. The summed E-state index contributed by atoms with van der Waals surface area (Å²) in [6, 6.07) is 27.0. The lowest BCUT2D eigenvalue weighted by atomic mass is 10.0. The van der Waals surface area contributed by atoms with Gasteiger partial charge in [-0.25, -0.2) is 10.2 Å². The van der Waals surface area contributed by atoms with Crippen molar-refractivity contribution >= 4 is 28.9 Å². The van der Waals surface area contributed by atoms with Gasteiger partial charge in [0.05, 0.1) is 18.4 Å². The van der Waals surface area contributed by atoms with Gasteiger partial charge in [-0.2, -0.15) is 5.10 Å². The van der Waals surface area contributed by atoms with E-state index in [0.29, 0.717) is 23.5 Å². The van der Waals surface area contributed by atoms with Crippen molar-refractivity contribution in [2.75, 3.05) is 6.61 Å². The Balaban J connectivity index is 1.31. The van der Waals surface area contributed by atoms with E-state index >= 15 is 0 Å². The van der Waals surface area contributed by atoms with E-state index in [9.17, 15) is 9.59 Å². The van der Waals surface area contributed by atoms with Crippen LogP contribution in [0.1, 0.15) is 46.0 Å². The van der Waals surface area contributed by atoms with Gasteiger partial charge in [-0.1, -0.05) is 49.7 Å². The number of carbonyl (C=O) groups is 2. The number of unbranched alkanes of at least 4 members (excludes halogenated alkanes) is 1. The van der Waals surface area contributed by atoms with Crippen LogP contribution in [0.4, 0.5) is 0 Å². The number of fused-ring (bicyclic) bond motifs is 1. The van der Waals surface area contributed by atoms with E-state index in [0.717, 1.165) is 34.9 Å². The fourth-order valence-corrected chi connectivity index (χ4v) is 3.45. The molecule has 6 heteroatoms. The van der Waals surface area contributed by atoms with E-state index in [2.05, 4.69) is 17.5 Å². The molecule has 0 heterocycles. The Hall–Kier alpha value is -4.45. The topological polar surface area (TPSA) is 77.0 Å². The highest BCUT2D eigenvalue weighted by Crippen LogP contribution is 2.21. The summed E-state index contributed by atoms with van der Waals surface area (Å²) >= 11 is 0. The Kier molecular flexibility index (Phi) is 7.86. The zero-order chi connectivity index (χ0) is 24.5. The van der Waals surface area contributed by atoms with Crippen LogP contribution in [0.3, 0.4) is 0 Å². The third-order valence-electron chi connectivity index (χ3n) is 5.36. The number of rotatable bonds is 9. The lowest BCUT2D eigenvalue weighted by Gasteiger charge is -2.07. The lowest BCUT2D eigenvalue weighted by Crippen LogP contribution is -2.17. The first-order chi connectivity index (χ1) is 17.1. The molecule has 0 unspecified atom stereocenters. The molecule has 0 saturated heterocycles. The third kappa shape index (κ3) is 6.32. The number of nitrogens with one attached hydrogen (secondary N) is 1. The summed E-state index contributed by atoms with van der Waals surface area (Å²) in [5.74, 6) is 0.421. The fraction of sp³-hybridized carbons (Fsp3) is 0.138. The van der Waals surface area contributed by atoms with E-state index in [1.54, 1.807) is 54.6 Å². The molecule has 0 atom stereocenters. The highest BCUT2D eigenvalue weighted by Gasteiger charge is 2.12. The minimum absolute atomic E-state index is 0.318. The number of benzene rings is 4. The standard InChI is InChI=1S/C29H26N2O4/c1-2-3-19-34-24-17-13-23(14-18-24)28(32)31-30-20-21-11-15-25(16-12-21)35-29(33)27-10-6-8-22-7-4-5-9-26(22)27/h4-18,20H,2-3,19H2,1H3,(H,31,32). The molecule has 1 amide bonds. The van der Waals surface area contributed by atoms with Gasteiger partial charge in [0.15, 0.2) is 0 Å². The normalized spacial score (nSPS) is 10.9. The van der Waals surface area contributed by atoms with Crippen LogP contribution >= 0.6 is 0 Å². The van der Waals surface area contributed by atoms with E-state index in [4.69, 9.17) is 9.47 Å². The van der Waals surface area contributed by atoms with Gasteiger partial charge < -0.3 is 9.47 Å². The molecule has 0 aliphatic carbocycles. The van der Waals surface area contributed by atoms with Gasteiger partial charge in [-0.05, 0) is 77.4 Å². The summed E-state index contributed by atoms with van der Waals surface area (Å²) in [7, 11) is 0. The highest BCUT2D eigenvalue weighted by atomic mass is 16.5. The Bertz CT molecular complexity index is 1320. The maximum absolute atomic E-state index is 12.7. The Morgan fingerprint density at radius 1 is 0.857 bits per heavy atom. The highest BCUT2D eigenvalue weighted by molar-refractivity contribution is 6.05. The number of ether oxygens (including phenoxy) is 2. The van der Waals surface area contributed by atoms with Crippen molar-refractivity contribution < 1.29 is 19.1 Å². The predicted octanol–water partition coefficient (Wildman–Crippen LogP) is 6.00. The molecular formula is C29H26N2O4. The van der Waals surface area contributed by atoms with Gasteiger partial charge in [0.1, 0.15) is 11.5 Å². The number of hydrazone groups is 1. The number of amides is 1. The quantitative estimate of drug-likeness (QED) is 0.108. The smallest absolute Gasteiger partial charge is 0.344 e. The summed E-state index contributed by atoms with van der Waals surface area (Å²) in [5, 5.41) is 5.83. The van der Waals surface area contributed by atoms with Gasteiger partial charge in [0.2, 0.25) is 0 Å². The van der Waals surface area contributed by atoms with Crippen LogP contribution in [0, 0.1) is 0 Å². The van der Waals surface area contributed by atoms with Gasteiger partial charge >= 0.3 is 5.97 Å². The second-order valence-corrected chi connectivity index (χ2v) is 7.91. The first kappa shape index (κ1) is 23.7. The molecule has 0 spiro atoms. The predicted molar refractivity (Wildman–Crippen MR) is 137 cm³/mol. The summed E-state index contributed by atoms with van der Waals surface area (Å²) in [4.78, 5) is 25.0. The molecule has 0 aliphatic rings. The number of hydrogen-bond acceptors (Lipinski definition) is 5. The van der Waals surface area contributed by atoms with Crippen molar-refractivity contribution in [1.82, 2.24) is 5.43 Å². The first-order valence-electron chi connectivity index (χ1n) is 11.5. The van der Waals surface area contributed by atoms with Crippen LogP contribution in [-0.4, -0.2) is 24.7 Å². The van der Waals surface area contributed by atoms with Crippen LogP contribution in [0.15, 0.2) is 96.1 Å². The molecule has 0 bridgehead atoms. The van der Waals surface area contributed by atoms with Crippen LogP contribution in [0.25, 0.3) is 10.8 Å². The van der Waals surface area contributed by atoms with Crippen LogP contribution in [0.5, 0.6) is 11.5 Å². The maximum Gasteiger partial charge on any atom is 0.344 e. The zero-order valence-corrected chi connectivity index (χ0v) is 19.4. The Labute approximate surface area is 204 Å². The number of nitrogens with zero attached hydrogens (tertiary/aromatic N) is 1. The second-order valence-electron chi connectivity index (χ2n) is 7.91. The molecule has 0 fully saturated rings. The second kappa shape index (κ2) is 11.6. The Morgan fingerprint density at radius 3 is 2.34 bits per heavy atom. The molecule has 1 N–H and O–H groups in total. The van der Waals surface area contributed by atoms with E-state index in [-0.39, 0.29) is 5.91 Å². The number of carbonyl (C=O) groups excluding carboxylic acids is 2. The van der Waals surface area contributed by atoms with E-state index in [1.807, 2.05) is 36.4 Å².